The third-order valence-corrected chi connectivity index (χ3v) is 3.52. The van der Waals surface area contributed by atoms with E-state index in [1.807, 2.05) is 20.0 Å². The molecule has 0 aromatic heterocycles. The monoisotopic (exact) mass is 252 g/mol. The second-order valence-electron chi connectivity index (χ2n) is 5.42. The van der Waals surface area contributed by atoms with E-state index in [0.717, 1.165) is 37.2 Å². The fraction of sp³-hybridized carbons (Fsp3) is 0.571. The number of aliphatic hydroxyl groups excluding tert-OH is 1. The molecule has 0 saturated carbocycles. The molecule has 100 valence electrons. The molecule has 2 N–H and O–H groups in total. The van der Waals surface area contributed by atoms with Gasteiger partial charge < -0.3 is 15.3 Å². The Kier molecular flexibility index (Phi) is 3.88. The fourth-order valence-corrected chi connectivity index (χ4v) is 2.75. The zero-order chi connectivity index (χ0) is 13.2. The van der Waals surface area contributed by atoms with E-state index in [2.05, 4.69) is 10.2 Å². The first kappa shape index (κ1) is 13.3. The number of aliphatic hydroxyl groups is 1. The summed E-state index contributed by atoms with van der Waals surface area (Å²) in [6.07, 6.45) is 1.95. The third-order valence-electron chi connectivity index (χ3n) is 3.52. The van der Waals surface area contributed by atoms with Gasteiger partial charge in [0.1, 0.15) is 5.82 Å². The van der Waals surface area contributed by atoms with Crippen molar-refractivity contribution < 1.29 is 9.50 Å². The maximum absolute atomic E-state index is 13.4. The molecular formula is C14H21FN2O. The number of rotatable bonds is 3. The summed E-state index contributed by atoms with van der Waals surface area (Å²) >= 11 is 0. The van der Waals surface area contributed by atoms with Gasteiger partial charge in [-0.2, -0.15) is 0 Å². The number of benzene rings is 1. The van der Waals surface area contributed by atoms with Crippen LogP contribution in [0.1, 0.15) is 18.4 Å². The molecule has 1 unspecified atom stereocenters. The number of likely N-dealkylation sites (N-methyl/N-ethyl adjacent to an activating group) is 1. The number of halogens is 1. The molecule has 1 saturated heterocycles. The van der Waals surface area contributed by atoms with E-state index in [0.29, 0.717) is 0 Å². The van der Waals surface area contributed by atoms with E-state index in [1.54, 1.807) is 0 Å². The predicted octanol–water partition coefficient (Wildman–Crippen LogP) is 2.00. The van der Waals surface area contributed by atoms with Crippen molar-refractivity contribution >= 4 is 5.69 Å². The number of likely N-dealkylation sites (tertiary alicyclic amines) is 1. The van der Waals surface area contributed by atoms with Crippen LogP contribution in [0.15, 0.2) is 18.2 Å². The SMILES string of the molecule is Cc1cc(F)cc(NC2(CO)CCCN(C)C2)c1. The van der Waals surface area contributed by atoms with Crippen LogP contribution in [0.4, 0.5) is 10.1 Å². The lowest BCUT2D eigenvalue weighted by Crippen LogP contribution is -2.54. The Morgan fingerprint density at radius 3 is 2.83 bits per heavy atom. The summed E-state index contributed by atoms with van der Waals surface area (Å²) in [7, 11) is 2.04. The van der Waals surface area contributed by atoms with Gasteiger partial charge in [0.2, 0.25) is 0 Å². The molecule has 18 heavy (non-hydrogen) atoms. The van der Waals surface area contributed by atoms with Gasteiger partial charge in [0.05, 0.1) is 12.1 Å². The normalized spacial score (nSPS) is 25.1. The zero-order valence-electron chi connectivity index (χ0n) is 11.0. The van der Waals surface area contributed by atoms with E-state index in [4.69, 9.17) is 0 Å². The minimum Gasteiger partial charge on any atom is -0.394 e. The van der Waals surface area contributed by atoms with E-state index < -0.39 is 0 Å². The van der Waals surface area contributed by atoms with Crippen LogP contribution in [0.2, 0.25) is 0 Å². The van der Waals surface area contributed by atoms with E-state index in [1.165, 1.54) is 12.1 Å². The first-order valence-corrected chi connectivity index (χ1v) is 6.38. The molecule has 0 amide bonds. The highest BCUT2D eigenvalue weighted by molar-refractivity contribution is 5.48. The van der Waals surface area contributed by atoms with Crippen LogP contribution in [0.3, 0.4) is 0 Å². The van der Waals surface area contributed by atoms with Gasteiger partial charge in [-0.3, -0.25) is 0 Å². The molecule has 1 aromatic carbocycles. The second kappa shape index (κ2) is 5.24. The molecule has 0 spiro atoms. The number of nitrogens with one attached hydrogen (secondary N) is 1. The Bertz CT molecular complexity index is 404. The quantitative estimate of drug-likeness (QED) is 0.863. The van der Waals surface area contributed by atoms with Crippen molar-refractivity contribution in [2.75, 3.05) is 32.1 Å². The van der Waals surface area contributed by atoms with Crippen LogP contribution in [0.25, 0.3) is 0 Å². The fourth-order valence-electron chi connectivity index (χ4n) is 2.75. The molecule has 1 aliphatic heterocycles. The van der Waals surface area contributed by atoms with Crippen molar-refractivity contribution in [3.05, 3.63) is 29.6 Å². The summed E-state index contributed by atoms with van der Waals surface area (Å²) in [5.74, 6) is -0.241. The molecular weight excluding hydrogens is 231 g/mol. The van der Waals surface area contributed by atoms with Gasteiger partial charge in [0.25, 0.3) is 0 Å². The molecule has 0 aliphatic carbocycles. The van der Waals surface area contributed by atoms with Gasteiger partial charge in [-0.25, -0.2) is 4.39 Å². The Morgan fingerprint density at radius 1 is 1.44 bits per heavy atom. The van der Waals surface area contributed by atoms with Crippen LogP contribution >= 0.6 is 0 Å². The van der Waals surface area contributed by atoms with Crippen LogP contribution in [-0.4, -0.2) is 42.3 Å². The van der Waals surface area contributed by atoms with Crippen LogP contribution in [0, 0.1) is 12.7 Å². The minimum atomic E-state index is -0.354. The van der Waals surface area contributed by atoms with Gasteiger partial charge in [-0.05, 0) is 57.1 Å². The molecule has 3 nitrogen and oxygen atoms in total. The summed E-state index contributed by atoms with van der Waals surface area (Å²) < 4.78 is 13.4. The number of piperidine rings is 1. The van der Waals surface area contributed by atoms with E-state index >= 15 is 0 Å². The maximum atomic E-state index is 13.4. The number of hydrogen-bond acceptors (Lipinski definition) is 3. The second-order valence-corrected chi connectivity index (χ2v) is 5.42. The molecule has 1 aromatic rings. The predicted molar refractivity (Wildman–Crippen MR) is 71.3 cm³/mol. The van der Waals surface area contributed by atoms with Crippen LogP contribution < -0.4 is 5.32 Å². The first-order valence-electron chi connectivity index (χ1n) is 6.38. The van der Waals surface area contributed by atoms with Crippen molar-refractivity contribution in [3.63, 3.8) is 0 Å². The van der Waals surface area contributed by atoms with Gasteiger partial charge in [-0.1, -0.05) is 0 Å². The van der Waals surface area contributed by atoms with Crippen molar-refractivity contribution in [2.45, 2.75) is 25.3 Å². The molecule has 0 radical (unpaired) electrons. The number of nitrogens with zero attached hydrogens (tertiary/aromatic N) is 1. The van der Waals surface area contributed by atoms with Gasteiger partial charge in [-0.15, -0.1) is 0 Å². The lowest BCUT2D eigenvalue weighted by atomic mass is 9.89. The summed E-state index contributed by atoms with van der Waals surface area (Å²) in [6, 6.07) is 4.90. The smallest absolute Gasteiger partial charge is 0.125 e. The summed E-state index contributed by atoms with van der Waals surface area (Å²) in [4.78, 5) is 2.19. The minimum absolute atomic E-state index is 0.0624. The lowest BCUT2D eigenvalue weighted by Gasteiger charge is -2.41. The van der Waals surface area contributed by atoms with Crippen molar-refractivity contribution in [3.8, 4) is 0 Å². The Morgan fingerprint density at radius 2 is 2.22 bits per heavy atom. The highest BCUT2D eigenvalue weighted by atomic mass is 19.1. The average molecular weight is 252 g/mol. The Labute approximate surface area is 108 Å². The molecule has 2 rings (SSSR count). The van der Waals surface area contributed by atoms with E-state index in [-0.39, 0.29) is 18.0 Å². The molecule has 4 heteroatoms. The topological polar surface area (TPSA) is 35.5 Å². The zero-order valence-corrected chi connectivity index (χ0v) is 11.0. The van der Waals surface area contributed by atoms with Gasteiger partial charge in [0, 0.05) is 12.2 Å². The van der Waals surface area contributed by atoms with Crippen molar-refractivity contribution in [1.82, 2.24) is 4.90 Å². The molecule has 1 fully saturated rings. The summed E-state index contributed by atoms with van der Waals surface area (Å²) in [5.41, 5.74) is 1.28. The lowest BCUT2D eigenvalue weighted by molar-refractivity contribution is 0.124. The highest BCUT2D eigenvalue weighted by Gasteiger charge is 2.33. The summed E-state index contributed by atoms with van der Waals surface area (Å²) in [6.45, 7) is 3.75. The van der Waals surface area contributed by atoms with Gasteiger partial charge >= 0.3 is 0 Å². The summed E-state index contributed by atoms with van der Waals surface area (Å²) in [5, 5.41) is 13.0. The third kappa shape index (κ3) is 3.00. The largest absolute Gasteiger partial charge is 0.394 e. The molecule has 1 aliphatic rings. The van der Waals surface area contributed by atoms with Gasteiger partial charge in [0.15, 0.2) is 0 Å². The number of hydrogen-bond donors (Lipinski definition) is 2. The van der Waals surface area contributed by atoms with E-state index in [9.17, 15) is 9.50 Å². The average Bonchev–Trinajstić information content (AvgIpc) is 2.27. The van der Waals surface area contributed by atoms with Crippen LogP contribution in [0.5, 0.6) is 0 Å². The number of aryl methyl sites for hydroxylation is 1. The van der Waals surface area contributed by atoms with Crippen molar-refractivity contribution in [1.29, 1.82) is 0 Å². The Balaban J connectivity index is 2.18. The van der Waals surface area contributed by atoms with Crippen molar-refractivity contribution in [2.24, 2.45) is 0 Å². The Hall–Kier alpha value is -1.13. The standard InChI is InChI=1S/C14H21FN2O/c1-11-6-12(15)8-13(7-11)16-14(10-18)4-3-5-17(2)9-14/h6-8,16,18H,3-5,9-10H2,1-2H3. The molecule has 0 bridgehead atoms. The number of anilines is 1. The first-order chi connectivity index (χ1) is 8.53. The highest BCUT2D eigenvalue weighted by Crippen LogP contribution is 2.26. The molecule has 1 heterocycles. The maximum Gasteiger partial charge on any atom is 0.125 e. The molecule has 1 atom stereocenters. The van der Waals surface area contributed by atoms with Crippen LogP contribution in [-0.2, 0) is 0 Å².